The maximum absolute atomic E-state index is 13.1. The van der Waals surface area contributed by atoms with Crippen LogP contribution in [0, 0.1) is 23.7 Å². The Bertz CT molecular complexity index is 542. The number of carboxylic acid groups (broad SMARTS) is 1. The maximum atomic E-state index is 13.1. The number of carboxylic acids is 1. The zero-order valence-corrected chi connectivity index (χ0v) is 21.9. The van der Waals surface area contributed by atoms with Crippen LogP contribution in [-0.2, 0) is 14.3 Å². The summed E-state index contributed by atoms with van der Waals surface area (Å²) < 4.78 is 5.91. The lowest BCUT2D eigenvalue weighted by molar-refractivity contribution is -0.152. The van der Waals surface area contributed by atoms with Crippen molar-refractivity contribution in [2.24, 2.45) is 23.7 Å². The van der Waals surface area contributed by atoms with Gasteiger partial charge in [-0.3, -0.25) is 9.59 Å². The molecular weight excluding hydrogens is 412 g/mol. The van der Waals surface area contributed by atoms with Gasteiger partial charge in [0, 0.05) is 6.42 Å². The summed E-state index contributed by atoms with van der Waals surface area (Å²) in [6.07, 6.45) is 22.9. The van der Waals surface area contributed by atoms with Crippen molar-refractivity contribution in [2.45, 2.75) is 130 Å². The molecule has 0 aromatic rings. The van der Waals surface area contributed by atoms with E-state index in [1.165, 1.54) is 38.5 Å². The summed E-state index contributed by atoms with van der Waals surface area (Å²) in [6, 6.07) is 0. The minimum absolute atomic E-state index is 0.0147. The molecule has 4 unspecified atom stereocenters. The molecule has 0 spiro atoms. The standard InChI is InChI=1S/C29H52O4/c1-4-7-9-14-18-26-21-20-25(17-13-11-10-12-15-19-28(30)31)22-27(26)29(32)33-23-24(6-3)16-8-5-2/h20-21,24-27H,4-19,22-23H2,1-3H3,(H,30,31). The highest BCUT2D eigenvalue weighted by Gasteiger charge is 2.33. The SMILES string of the molecule is CCCCCCC1C=CC(CCCCCCCC(=O)O)CC1C(=O)OCC(CC)CCCC. The summed E-state index contributed by atoms with van der Waals surface area (Å²) in [4.78, 5) is 23.7. The van der Waals surface area contributed by atoms with Gasteiger partial charge in [0.25, 0.3) is 0 Å². The van der Waals surface area contributed by atoms with Crippen LogP contribution in [0.15, 0.2) is 12.2 Å². The van der Waals surface area contributed by atoms with E-state index >= 15 is 0 Å². The molecule has 1 aliphatic carbocycles. The molecule has 1 rings (SSSR count). The Kier molecular flexibility index (Phi) is 17.1. The van der Waals surface area contributed by atoms with Gasteiger partial charge < -0.3 is 9.84 Å². The Hall–Kier alpha value is -1.32. The summed E-state index contributed by atoms with van der Waals surface area (Å²) in [7, 11) is 0. The van der Waals surface area contributed by atoms with Crippen molar-refractivity contribution in [2.75, 3.05) is 6.61 Å². The fourth-order valence-corrected chi connectivity index (χ4v) is 5.02. The summed E-state index contributed by atoms with van der Waals surface area (Å²) in [5.74, 6) is 0.648. The molecule has 4 atom stereocenters. The topological polar surface area (TPSA) is 63.6 Å². The second kappa shape index (κ2) is 19.0. The average Bonchev–Trinajstić information content (AvgIpc) is 2.81. The van der Waals surface area contributed by atoms with Gasteiger partial charge in [-0.2, -0.15) is 0 Å². The van der Waals surface area contributed by atoms with Gasteiger partial charge in [0.05, 0.1) is 12.5 Å². The number of carbonyl (C=O) groups is 2. The third-order valence-corrected chi connectivity index (χ3v) is 7.37. The van der Waals surface area contributed by atoms with E-state index in [9.17, 15) is 9.59 Å². The van der Waals surface area contributed by atoms with Gasteiger partial charge in [0.1, 0.15) is 0 Å². The van der Waals surface area contributed by atoms with Crippen LogP contribution in [0.1, 0.15) is 130 Å². The number of hydrogen-bond donors (Lipinski definition) is 1. The highest BCUT2D eigenvalue weighted by molar-refractivity contribution is 5.73. The second-order valence-corrected chi connectivity index (χ2v) is 10.2. The van der Waals surface area contributed by atoms with Crippen LogP contribution in [-0.4, -0.2) is 23.7 Å². The molecule has 33 heavy (non-hydrogen) atoms. The normalized spacial score (nSPS) is 21.1. The first-order valence-electron chi connectivity index (χ1n) is 14.1. The lowest BCUT2D eigenvalue weighted by atomic mass is 9.75. The summed E-state index contributed by atoms with van der Waals surface area (Å²) in [6.45, 7) is 7.23. The molecule has 4 nitrogen and oxygen atoms in total. The fraction of sp³-hybridized carbons (Fsp3) is 0.862. The number of carbonyl (C=O) groups excluding carboxylic acids is 1. The largest absolute Gasteiger partial charge is 0.481 e. The van der Waals surface area contributed by atoms with Crippen molar-refractivity contribution in [3.8, 4) is 0 Å². The van der Waals surface area contributed by atoms with Crippen LogP contribution in [0.3, 0.4) is 0 Å². The Morgan fingerprint density at radius 2 is 1.55 bits per heavy atom. The monoisotopic (exact) mass is 464 g/mol. The molecule has 192 valence electrons. The third-order valence-electron chi connectivity index (χ3n) is 7.37. The quantitative estimate of drug-likeness (QED) is 0.112. The number of ether oxygens (including phenoxy) is 1. The Morgan fingerprint density at radius 3 is 2.24 bits per heavy atom. The molecule has 0 aromatic heterocycles. The van der Waals surface area contributed by atoms with Gasteiger partial charge in [0.2, 0.25) is 0 Å². The molecule has 0 saturated heterocycles. The lowest BCUT2D eigenvalue weighted by Crippen LogP contribution is -2.31. The third kappa shape index (κ3) is 13.9. The minimum Gasteiger partial charge on any atom is -0.481 e. The van der Waals surface area contributed by atoms with Gasteiger partial charge >= 0.3 is 11.9 Å². The zero-order valence-electron chi connectivity index (χ0n) is 21.9. The number of rotatable bonds is 20. The number of allylic oxidation sites excluding steroid dienone is 2. The average molecular weight is 465 g/mol. The van der Waals surface area contributed by atoms with Crippen LogP contribution < -0.4 is 0 Å². The first-order valence-corrected chi connectivity index (χ1v) is 14.1. The molecule has 0 fully saturated rings. The van der Waals surface area contributed by atoms with E-state index in [-0.39, 0.29) is 18.3 Å². The summed E-state index contributed by atoms with van der Waals surface area (Å²) in [5, 5.41) is 8.73. The molecule has 0 aromatic carbocycles. The van der Waals surface area contributed by atoms with Gasteiger partial charge in [-0.05, 0) is 49.9 Å². The summed E-state index contributed by atoms with van der Waals surface area (Å²) >= 11 is 0. The molecule has 0 radical (unpaired) electrons. The van der Waals surface area contributed by atoms with E-state index in [1.54, 1.807) is 0 Å². The fourth-order valence-electron chi connectivity index (χ4n) is 5.02. The van der Waals surface area contributed by atoms with Gasteiger partial charge in [0.15, 0.2) is 0 Å². The Balaban J connectivity index is 2.53. The number of esters is 1. The van der Waals surface area contributed by atoms with E-state index in [2.05, 4.69) is 32.9 Å². The lowest BCUT2D eigenvalue weighted by Gasteiger charge is -2.31. The smallest absolute Gasteiger partial charge is 0.309 e. The first kappa shape index (κ1) is 29.7. The van der Waals surface area contributed by atoms with Crippen molar-refractivity contribution in [3.63, 3.8) is 0 Å². The van der Waals surface area contributed by atoms with Crippen LogP contribution in [0.4, 0.5) is 0 Å². The summed E-state index contributed by atoms with van der Waals surface area (Å²) in [5.41, 5.74) is 0. The molecule has 0 bridgehead atoms. The van der Waals surface area contributed by atoms with Crippen LogP contribution in [0.2, 0.25) is 0 Å². The molecule has 1 N–H and O–H groups in total. The number of hydrogen-bond acceptors (Lipinski definition) is 3. The second-order valence-electron chi connectivity index (χ2n) is 10.2. The molecule has 0 heterocycles. The molecule has 0 saturated carbocycles. The maximum Gasteiger partial charge on any atom is 0.309 e. The predicted molar refractivity (Wildman–Crippen MR) is 137 cm³/mol. The van der Waals surface area contributed by atoms with Crippen molar-refractivity contribution >= 4 is 11.9 Å². The first-order chi connectivity index (χ1) is 16.0. The van der Waals surface area contributed by atoms with E-state index in [4.69, 9.17) is 9.84 Å². The van der Waals surface area contributed by atoms with E-state index in [0.717, 1.165) is 64.2 Å². The highest BCUT2D eigenvalue weighted by Crippen LogP contribution is 2.35. The Morgan fingerprint density at radius 1 is 0.879 bits per heavy atom. The highest BCUT2D eigenvalue weighted by atomic mass is 16.5. The van der Waals surface area contributed by atoms with Gasteiger partial charge in [-0.1, -0.05) is 104 Å². The van der Waals surface area contributed by atoms with Gasteiger partial charge in [-0.15, -0.1) is 0 Å². The number of unbranched alkanes of at least 4 members (excludes halogenated alkanes) is 8. The Labute approximate surface area is 203 Å². The van der Waals surface area contributed by atoms with Gasteiger partial charge in [-0.25, -0.2) is 0 Å². The molecule has 0 amide bonds. The van der Waals surface area contributed by atoms with E-state index in [0.29, 0.717) is 24.4 Å². The minimum atomic E-state index is -0.694. The van der Waals surface area contributed by atoms with Crippen molar-refractivity contribution in [1.82, 2.24) is 0 Å². The van der Waals surface area contributed by atoms with Crippen LogP contribution in [0.5, 0.6) is 0 Å². The van der Waals surface area contributed by atoms with Crippen molar-refractivity contribution in [1.29, 1.82) is 0 Å². The van der Waals surface area contributed by atoms with Crippen molar-refractivity contribution < 1.29 is 19.4 Å². The van der Waals surface area contributed by atoms with Crippen molar-refractivity contribution in [3.05, 3.63) is 12.2 Å². The molecular formula is C29H52O4. The zero-order chi connectivity index (χ0) is 24.3. The molecule has 0 aliphatic heterocycles. The molecule has 1 aliphatic rings. The van der Waals surface area contributed by atoms with Crippen LogP contribution >= 0.6 is 0 Å². The molecule has 4 heteroatoms. The number of aliphatic carboxylic acids is 1. The predicted octanol–water partition coefficient (Wildman–Crippen LogP) is 8.34. The van der Waals surface area contributed by atoms with E-state index < -0.39 is 5.97 Å². The van der Waals surface area contributed by atoms with Crippen LogP contribution in [0.25, 0.3) is 0 Å². The van der Waals surface area contributed by atoms with E-state index in [1.807, 2.05) is 0 Å².